The van der Waals surface area contributed by atoms with Crippen LogP contribution in [-0.2, 0) is 35.2 Å². The number of hydrogen-bond acceptors (Lipinski definition) is 7. The minimum atomic E-state index is -1.54. The second-order valence-electron chi connectivity index (χ2n) is 9.60. The lowest BCUT2D eigenvalue weighted by molar-refractivity contribution is -0.143. The van der Waals surface area contributed by atoms with Crippen molar-refractivity contribution in [3.05, 3.63) is 36.0 Å². The lowest BCUT2D eigenvalue weighted by Crippen LogP contribution is -2.58. The second kappa shape index (κ2) is 14.6. The highest BCUT2D eigenvalue weighted by Crippen LogP contribution is 2.19. The summed E-state index contributed by atoms with van der Waals surface area (Å²) in [6, 6.07) is 1.84. The Balaban J connectivity index is 2.34. The molecule has 0 aliphatic heterocycles. The number of hydrogen-bond donors (Lipinski definition) is 8. The fourth-order valence-corrected chi connectivity index (χ4v) is 3.99. The van der Waals surface area contributed by atoms with E-state index in [0.29, 0.717) is 12.0 Å². The minimum absolute atomic E-state index is 0.101. The molecule has 5 atom stereocenters. The molecule has 0 spiro atoms. The van der Waals surface area contributed by atoms with Gasteiger partial charge in [0.1, 0.15) is 18.1 Å². The maximum atomic E-state index is 13.3. The lowest BCUT2D eigenvalue weighted by atomic mass is 9.98. The van der Waals surface area contributed by atoms with Gasteiger partial charge < -0.3 is 42.6 Å². The zero-order chi connectivity index (χ0) is 30.0. The van der Waals surface area contributed by atoms with Gasteiger partial charge in [-0.05, 0) is 24.0 Å². The van der Waals surface area contributed by atoms with Crippen LogP contribution >= 0.6 is 0 Å². The molecule has 2 aromatic rings. The number of carboxylic acid groups (broad SMARTS) is 2. The first kappa shape index (κ1) is 31.8. The number of carbonyl (C=O) groups is 6. The van der Waals surface area contributed by atoms with Gasteiger partial charge in [0.15, 0.2) is 0 Å². The van der Waals surface area contributed by atoms with E-state index in [-0.39, 0.29) is 12.3 Å². The van der Waals surface area contributed by atoms with Gasteiger partial charge in [-0.15, -0.1) is 0 Å². The number of H-pyrrole nitrogens is 1. The maximum Gasteiger partial charge on any atom is 0.326 e. The molecule has 2 rings (SSSR count). The van der Waals surface area contributed by atoms with Crippen molar-refractivity contribution < 1.29 is 39.0 Å². The highest BCUT2D eigenvalue weighted by Gasteiger charge is 2.32. The second-order valence-corrected chi connectivity index (χ2v) is 9.60. The highest BCUT2D eigenvalue weighted by molar-refractivity contribution is 5.96. The van der Waals surface area contributed by atoms with Crippen molar-refractivity contribution in [3.8, 4) is 0 Å². The third-order valence-corrected chi connectivity index (χ3v) is 6.59. The van der Waals surface area contributed by atoms with Crippen molar-refractivity contribution in [1.82, 2.24) is 20.9 Å². The van der Waals surface area contributed by atoms with Gasteiger partial charge in [-0.2, -0.15) is 0 Å². The van der Waals surface area contributed by atoms with Crippen LogP contribution in [0.25, 0.3) is 10.9 Å². The van der Waals surface area contributed by atoms with Crippen molar-refractivity contribution >= 4 is 46.5 Å². The number of benzene rings is 1. The van der Waals surface area contributed by atoms with Crippen LogP contribution < -0.4 is 27.4 Å². The minimum Gasteiger partial charge on any atom is -0.481 e. The molecular formula is C26H36N6O8. The van der Waals surface area contributed by atoms with E-state index in [0.717, 1.165) is 10.9 Å². The Bertz CT molecular complexity index is 1240. The molecule has 1 aromatic heterocycles. The first-order chi connectivity index (χ1) is 18.8. The number of para-hydroxylation sites is 1. The number of fused-ring (bicyclic) bond motifs is 1. The summed E-state index contributed by atoms with van der Waals surface area (Å²) >= 11 is 0. The van der Waals surface area contributed by atoms with Gasteiger partial charge in [0.05, 0.1) is 12.5 Å². The molecule has 0 saturated heterocycles. The van der Waals surface area contributed by atoms with Gasteiger partial charge in [-0.25, -0.2) is 4.79 Å². The zero-order valence-electron chi connectivity index (χ0n) is 22.3. The number of nitrogens with two attached hydrogens (primary N) is 2. The van der Waals surface area contributed by atoms with Crippen LogP contribution in [0.2, 0.25) is 0 Å². The standard InChI is InChI=1S/C26H36N6O8/c1-3-13(2)22(28)25(38)32-19(11-20(27)33)24(37)31-18(10-14-12-29-16-7-5-4-6-15(14)16)23(36)30-17(26(39)40)8-9-21(34)35/h4-7,12-13,17-19,22,29H,3,8-11,28H2,1-2H3,(H2,27,33)(H,30,36)(H,31,37)(H,32,38)(H,34,35)(H,39,40). The van der Waals surface area contributed by atoms with Crippen LogP contribution in [0, 0.1) is 5.92 Å². The van der Waals surface area contributed by atoms with Gasteiger partial charge in [0, 0.05) is 29.9 Å². The number of carboxylic acids is 2. The van der Waals surface area contributed by atoms with E-state index in [1.165, 1.54) is 0 Å². The largest absolute Gasteiger partial charge is 0.481 e. The molecule has 14 nitrogen and oxygen atoms in total. The summed E-state index contributed by atoms with van der Waals surface area (Å²) in [6.45, 7) is 3.58. The molecule has 1 heterocycles. The molecule has 218 valence electrons. The summed E-state index contributed by atoms with van der Waals surface area (Å²) in [5, 5.41) is 26.3. The Morgan fingerprint density at radius 1 is 0.925 bits per heavy atom. The van der Waals surface area contributed by atoms with Crippen LogP contribution in [0.3, 0.4) is 0 Å². The third kappa shape index (κ3) is 9.08. The monoisotopic (exact) mass is 560 g/mol. The van der Waals surface area contributed by atoms with Gasteiger partial charge in [-0.3, -0.25) is 24.0 Å². The number of carbonyl (C=O) groups excluding carboxylic acids is 4. The van der Waals surface area contributed by atoms with E-state index in [4.69, 9.17) is 16.6 Å². The average Bonchev–Trinajstić information content (AvgIpc) is 3.31. The molecule has 4 amide bonds. The maximum absolute atomic E-state index is 13.3. The number of aromatic amines is 1. The Kier molecular flexibility index (Phi) is 11.6. The van der Waals surface area contributed by atoms with E-state index < -0.39 is 79.0 Å². The van der Waals surface area contributed by atoms with Crippen LogP contribution in [0.15, 0.2) is 30.5 Å². The summed E-state index contributed by atoms with van der Waals surface area (Å²) < 4.78 is 0. The highest BCUT2D eigenvalue weighted by atomic mass is 16.4. The fourth-order valence-electron chi connectivity index (χ4n) is 3.99. The van der Waals surface area contributed by atoms with E-state index in [1.807, 2.05) is 6.92 Å². The number of primary amides is 1. The van der Waals surface area contributed by atoms with Gasteiger partial charge in [-0.1, -0.05) is 38.5 Å². The lowest BCUT2D eigenvalue weighted by Gasteiger charge is -2.25. The van der Waals surface area contributed by atoms with Gasteiger partial charge in [0.2, 0.25) is 23.6 Å². The van der Waals surface area contributed by atoms with Crippen LogP contribution in [-0.4, -0.2) is 74.9 Å². The number of rotatable bonds is 16. The Morgan fingerprint density at radius 2 is 1.52 bits per heavy atom. The van der Waals surface area contributed by atoms with E-state index in [9.17, 15) is 33.9 Å². The molecular weight excluding hydrogens is 524 g/mol. The summed E-state index contributed by atoms with van der Waals surface area (Å²) in [6.07, 6.45) is 0.627. The summed E-state index contributed by atoms with van der Waals surface area (Å²) in [7, 11) is 0. The molecule has 0 aliphatic rings. The molecule has 0 bridgehead atoms. The molecule has 40 heavy (non-hydrogen) atoms. The molecule has 14 heteroatoms. The van der Waals surface area contributed by atoms with Crippen molar-refractivity contribution in [2.75, 3.05) is 0 Å². The predicted octanol–water partition coefficient (Wildman–Crippen LogP) is -0.637. The van der Waals surface area contributed by atoms with Crippen molar-refractivity contribution in [3.63, 3.8) is 0 Å². The number of aromatic nitrogens is 1. The van der Waals surface area contributed by atoms with Gasteiger partial charge in [0.25, 0.3) is 0 Å². The Morgan fingerprint density at radius 3 is 2.12 bits per heavy atom. The van der Waals surface area contributed by atoms with E-state index in [1.54, 1.807) is 37.4 Å². The molecule has 5 unspecified atom stereocenters. The molecule has 0 radical (unpaired) electrons. The summed E-state index contributed by atoms with van der Waals surface area (Å²) in [5.41, 5.74) is 12.6. The molecule has 0 fully saturated rings. The summed E-state index contributed by atoms with van der Waals surface area (Å²) in [4.78, 5) is 76.5. The topological polar surface area (TPSA) is 247 Å². The smallest absolute Gasteiger partial charge is 0.326 e. The van der Waals surface area contributed by atoms with Gasteiger partial charge >= 0.3 is 11.9 Å². The van der Waals surface area contributed by atoms with Crippen molar-refractivity contribution in [2.24, 2.45) is 17.4 Å². The molecule has 10 N–H and O–H groups in total. The average molecular weight is 561 g/mol. The molecule has 0 saturated carbocycles. The predicted molar refractivity (Wildman–Crippen MR) is 144 cm³/mol. The van der Waals surface area contributed by atoms with Crippen LogP contribution in [0.1, 0.15) is 45.1 Å². The number of nitrogens with one attached hydrogen (secondary N) is 4. The number of aliphatic carboxylic acids is 2. The molecule has 1 aromatic carbocycles. The quantitative estimate of drug-likeness (QED) is 0.130. The number of amides is 4. The van der Waals surface area contributed by atoms with Crippen molar-refractivity contribution in [1.29, 1.82) is 0 Å². The van der Waals surface area contributed by atoms with Crippen molar-refractivity contribution in [2.45, 2.75) is 70.1 Å². The van der Waals surface area contributed by atoms with Crippen LogP contribution in [0.5, 0.6) is 0 Å². The SMILES string of the molecule is CCC(C)C(N)C(=O)NC(CC(N)=O)C(=O)NC(Cc1c[nH]c2ccccc12)C(=O)NC(CCC(=O)O)C(=O)O. The Labute approximate surface area is 230 Å². The zero-order valence-corrected chi connectivity index (χ0v) is 22.3. The first-order valence-electron chi connectivity index (χ1n) is 12.8. The van der Waals surface area contributed by atoms with Crippen LogP contribution in [0.4, 0.5) is 0 Å². The van der Waals surface area contributed by atoms with E-state index in [2.05, 4.69) is 20.9 Å². The first-order valence-corrected chi connectivity index (χ1v) is 12.8. The third-order valence-electron chi connectivity index (χ3n) is 6.59. The normalized spacial score (nSPS) is 14.8. The fraction of sp³-hybridized carbons (Fsp3) is 0.462. The van der Waals surface area contributed by atoms with E-state index >= 15 is 0 Å². The summed E-state index contributed by atoms with van der Waals surface area (Å²) in [5.74, 6) is -6.33. The Hall–Kier alpha value is -4.46. The molecule has 0 aliphatic carbocycles.